The summed E-state index contributed by atoms with van der Waals surface area (Å²) in [5.41, 5.74) is 1.34. The van der Waals surface area contributed by atoms with Crippen molar-refractivity contribution < 1.29 is 9.21 Å². The van der Waals surface area contributed by atoms with Crippen LogP contribution in [-0.4, -0.2) is 33.7 Å². The molecule has 23 heavy (non-hydrogen) atoms. The van der Waals surface area contributed by atoms with Gasteiger partial charge in [-0.25, -0.2) is 4.79 Å². The van der Waals surface area contributed by atoms with E-state index in [2.05, 4.69) is 11.2 Å². The predicted molar refractivity (Wildman–Crippen MR) is 86.5 cm³/mol. The van der Waals surface area contributed by atoms with Crippen LogP contribution >= 0.6 is 11.3 Å². The summed E-state index contributed by atoms with van der Waals surface area (Å²) in [4.78, 5) is 28.3. The predicted octanol–water partition coefficient (Wildman–Crippen LogP) is 2.07. The third-order valence-electron chi connectivity index (χ3n) is 4.56. The summed E-state index contributed by atoms with van der Waals surface area (Å²) in [5, 5.41) is 4.23. The molecule has 1 amide bonds. The molecule has 1 aliphatic carbocycles. The lowest BCUT2D eigenvalue weighted by atomic mass is 10.1. The van der Waals surface area contributed by atoms with Crippen LogP contribution in [0.3, 0.4) is 0 Å². The number of aryl methyl sites for hydroxylation is 2. The van der Waals surface area contributed by atoms with Crippen molar-refractivity contribution in [3.8, 4) is 10.8 Å². The number of piperidine rings is 1. The molecule has 1 saturated heterocycles. The minimum Gasteiger partial charge on any atom is -0.387 e. The average molecular weight is 333 g/mol. The van der Waals surface area contributed by atoms with E-state index in [1.54, 1.807) is 11.3 Å². The van der Waals surface area contributed by atoms with E-state index in [1.807, 2.05) is 4.90 Å². The lowest BCUT2D eigenvalue weighted by molar-refractivity contribution is -0.133. The maximum Gasteiger partial charge on any atom is 0.437 e. The number of thiophene rings is 1. The number of carbonyl (C=O) groups is 1. The smallest absolute Gasteiger partial charge is 0.387 e. The van der Waals surface area contributed by atoms with E-state index in [-0.39, 0.29) is 12.5 Å². The normalized spacial score (nSPS) is 17.5. The number of hydrogen-bond donors (Lipinski definition) is 0. The SMILES string of the molecule is O=C(Cn1nc(-c2cc3c(s2)CCC3)oc1=O)N1CCCCC1. The number of hydrogen-bond acceptors (Lipinski definition) is 5. The topological polar surface area (TPSA) is 68.3 Å². The molecule has 1 aliphatic heterocycles. The van der Waals surface area contributed by atoms with Crippen LogP contribution in [0.2, 0.25) is 0 Å². The highest BCUT2D eigenvalue weighted by Gasteiger charge is 2.22. The second-order valence-corrected chi connectivity index (χ2v) is 7.32. The van der Waals surface area contributed by atoms with Gasteiger partial charge < -0.3 is 9.32 Å². The van der Waals surface area contributed by atoms with E-state index in [9.17, 15) is 9.59 Å². The minimum atomic E-state index is -0.557. The first-order valence-corrected chi connectivity index (χ1v) is 9.00. The Morgan fingerprint density at radius 3 is 2.83 bits per heavy atom. The fraction of sp³-hybridized carbons (Fsp3) is 0.562. The van der Waals surface area contributed by atoms with Gasteiger partial charge in [0, 0.05) is 18.0 Å². The molecule has 1 fully saturated rings. The Morgan fingerprint density at radius 1 is 1.22 bits per heavy atom. The van der Waals surface area contributed by atoms with Gasteiger partial charge in [0.05, 0.1) is 4.88 Å². The lowest BCUT2D eigenvalue weighted by Crippen LogP contribution is -2.39. The molecule has 0 spiro atoms. The number of rotatable bonds is 3. The Hall–Kier alpha value is -1.89. The van der Waals surface area contributed by atoms with Crippen LogP contribution in [0, 0.1) is 0 Å². The van der Waals surface area contributed by atoms with Crippen molar-refractivity contribution in [3.05, 3.63) is 27.1 Å². The Morgan fingerprint density at radius 2 is 2.04 bits per heavy atom. The largest absolute Gasteiger partial charge is 0.437 e. The molecule has 2 aromatic rings. The molecule has 6 nitrogen and oxygen atoms in total. The van der Waals surface area contributed by atoms with Gasteiger partial charge in [-0.3, -0.25) is 4.79 Å². The van der Waals surface area contributed by atoms with Gasteiger partial charge in [0.15, 0.2) is 0 Å². The van der Waals surface area contributed by atoms with Gasteiger partial charge in [0.25, 0.3) is 5.89 Å². The monoisotopic (exact) mass is 333 g/mol. The van der Waals surface area contributed by atoms with Crippen LogP contribution in [0.25, 0.3) is 10.8 Å². The van der Waals surface area contributed by atoms with Crippen LogP contribution in [0.4, 0.5) is 0 Å². The third kappa shape index (κ3) is 2.85. The van der Waals surface area contributed by atoms with Crippen LogP contribution in [0.15, 0.2) is 15.3 Å². The highest BCUT2D eigenvalue weighted by atomic mass is 32.1. The maximum absolute atomic E-state index is 12.3. The summed E-state index contributed by atoms with van der Waals surface area (Å²) in [7, 11) is 0. The number of amides is 1. The molecule has 0 bridgehead atoms. The average Bonchev–Trinajstić information content (AvgIpc) is 3.23. The van der Waals surface area contributed by atoms with Crippen molar-refractivity contribution in [2.45, 2.75) is 45.1 Å². The molecule has 7 heteroatoms. The molecule has 122 valence electrons. The van der Waals surface area contributed by atoms with E-state index in [1.165, 1.54) is 23.3 Å². The van der Waals surface area contributed by atoms with E-state index < -0.39 is 5.76 Å². The third-order valence-corrected chi connectivity index (χ3v) is 5.78. The van der Waals surface area contributed by atoms with Gasteiger partial charge in [-0.15, -0.1) is 16.4 Å². The first kappa shape index (κ1) is 14.7. The molecule has 0 unspecified atom stereocenters. The summed E-state index contributed by atoms with van der Waals surface area (Å²) in [5.74, 6) is -0.278. The second kappa shape index (κ2) is 5.96. The molecule has 2 aromatic heterocycles. The molecule has 0 N–H and O–H groups in total. The number of nitrogens with zero attached hydrogens (tertiary/aromatic N) is 3. The van der Waals surface area contributed by atoms with Crippen LogP contribution < -0.4 is 5.76 Å². The summed E-state index contributed by atoms with van der Waals surface area (Å²) in [6.07, 6.45) is 6.62. The Labute approximate surface area is 137 Å². The molecule has 2 aliphatic rings. The van der Waals surface area contributed by atoms with Gasteiger partial charge in [0.2, 0.25) is 5.91 Å². The molecule has 0 atom stereocenters. The van der Waals surface area contributed by atoms with Crippen LogP contribution in [0.1, 0.15) is 36.1 Å². The van der Waals surface area contributed by atoms with Crippen molar-refractivity contribution in [2.75, 3.05) is 13.1 Å². The number of likely N-dealkylation sites (tertiary alicyclic amines) is 1. The number of aromatic nitrogens is 2. The van der Waals surface area contributed by atoms with Gasteiger partial charge in [0.1, 0.15) is 6.54 Å². The summed E-state index contributed by atoms with van der Waals surface area (Å²) >= 11 is 1.64. The first-order chi connectivity index (χ1) is 11.2. The number of fused-ring (bicyclic) bond motifs is 1. The van der Waals surface area contributed by atoms with Crippen molar-refractivity contribution in [2.24, 2.45) is 0 Å². The van der Waals surface area contributed by atoms with Gasteiger partial charge in [-0.1, -0.05) is 0 Å². The zero-order chi connectivity index (χ0) is 15.8. The molecule has 0 saturated carbocycles. The fourth-order valence-electron chi connectivity index (χ4n) is 3.31. The summed E-state index contributed by atoms with van der Waals surface area (Å²) in [6.45, 7) is 1.51. The van der Waals surface area contributed by atoms with E-state index >= 15 is 0 Å². The highest BCUT2D eigenvalue weighted by molar-refractivity contribution is 7.15. The minimum absolute atomic E-state index is 0.0343. The van der Waals surface area contributed by atoms with Crippen molar-refractivity contribution in [1.29, 1.82) is 0 Å². The maximum atomic E-state index is 12.3. The quantitative estimate of drug-likeness (QED) is 0.862. The van der Waals surface area contributed by atoms with Crippen LogP contribution in [0.5, 0.6) is 0 Å². The Balaban J connectivity index is 1.52. The fourth-order valence-corrected chi connectivity index (χ4v) is 4.49. The zero-order valence-corrected chi connectivity index (χ0v) is 13.7. The molecular weight excluding hydrogens is 314 g/mol. The van der Waals surface area contributed by atoms with Crippen molar-refractivity contribution >= 4 is 17.2 Å². The molecule has 0 aromatic carbocycles. The standard InChI is InChI=1S/C16H19N3O3S/c20-14(18-7-2-1-3-8-18)10-19-16(21)22-15(17-19)13-9-11-5-4-6-12(11)23-13/h9H,1-8,10H2. The van der Waals surface area contributed by atoms with E-state index in [4.69, 9.17) is 4.42 Å². The van der Waals surface area contributed by atoms with Gasteiger partial charge in [-0.2, -0.15) is 4.68 Å². The Bertz CT molecular complexity index is 761. The molecule has 0 radical (unpaired) electrons. The molecule has 4 rings (SSSR count). The Kier molecular flexibility index (Phi) is 3.80. The lowest BCUT2D eigenvalue weighted by Gasteiger charge is -2.26. The molecular formula is C16H19N3O3S. The van der Waals surface area contributed by atoms with Gasteiger partial charge in [-0.05, 0) is 50.2 Å². The summed E-state index contributed by atoms with van der Waals surface area (Å²) < 4.78 is 6.41. The first-order valence-electron chi connectivity index (χ1n) is 8.18. The van der Waals surface area contributed by atoms with Crippen molar-refractivity contribution in [1.82, 2.24) is 14.7 Å². The second-order valence-electron chi connectivity index (χ2n) is 6.18. The van der Waals surface area contributed by atoms with Crippen LogP contribution in [-0.2, 0) is 24.2 Å². The van der Waals surface area contributed by atoms with E-state index in [0.29, 0.717) is 5.89 Å². The summed E-state index contributed by atoms with van der Waals surface area (Å²) in [6, 6.07) is 2.06. The van der Waals surface area contributed by atoms with Gasteiger partial charge >= 0.3 is 5.76 Å². The van der Waals surface area contributed by atoms with E-state index in [0.717, 1.165) is 48.3 Å². The molecule has 3 heterocycles. The van der Waals surface area contributed by atoms with Crippen molar-refractivity contribution in [3.63, 3.8) is 0 Å². The highest BCUT2D eigenvalue weighted by Crippen LogP contribution is 2.35. The zero-order valence-electron chi connectivity index (χ0n) is 12.9. The number of carbonyl (C=O) groups excluding carboxylic acids is 1.